The summed E-state index contributed by atoms with van der Waals surface area (Å²) in [5, 5.41) is 3.40. The third-order valence-electron chi connectivity index (χ3n) is 2.60. The summed E-state index contributed by atoms with van der Waals surface area (Å²) in [6, 6.07) is 4.16. The maximum atomic E-state index is 5.61. The lowest BCUT2D eigenvalue weighted by molar-refractivity contribution is 0.346. The molecule has 3 heteroatoms. The summed E-state index contributed by atoms with van der Waals surface area (Å²) in [6.45, 7) is 8.77. The number of hydrogen-bond acceptors (Lipinski definition) is 3. The normalized spacial score (nSPS) is 11.1. The first-order valence-electron chi connectivity index (χ1n) is 6.74. The lowest BCUT2D eigenvalue weighted by atomic mass is 10.2. The first-order chi connectivity index (χ1) is 8.80. The second kappa shape index (κ2) is 8.70. The second-order valence-electron chi connectivity index (χ2n) is 4.22. The van der Waals surface area contributed by atoms with Crippen LogP contribution in [0.25, 0.3) is 0 Å². The Morgan fingerprint density at radius 3 is 2.83 bits per heavy atom. The van der Waals surface area contributed by atoms with Crippen molar-refractivity contribution in [1.29, 1.82) is 0 Å². The summed E-state index contributed by atoms with van der Waals surface area (Å²) in [5.74, 6) is 0.723. The number of hydrogen-bond donors (Lipinski definition) is 1. The number of allylic oxidation sites excluding steroid dienone is 1. The van der Waals surface area contributed by atoms with Crippen LogP contribution >= 0.6 is 0 Å². The van der Waals surface area contributed by atoms with Crippen molar-refractivity contribution in [3.63, 3.8) is 0 Å². The zero-order chi connectivity index (χ0) is 13.2. The fourth-order valence-corrected chi connectivity index (χ4v) is 1.62. The third-order valence-corrected chi connectivity index (χ3v) is 2.60. The lowest BCUT2D eigenvalue weighted by Gasteiger charge is -2.09. The van der Waals surface area contributed by atoms with Gasteiger partial charge in [0.2, 0.25) is 5.88 Å². The molecule has 1 aromatic rings. The summed E-state index contributed by atoms with van der Waals surface area (Å²) in [6.07, 6.45) is 6.04. The molecule has 0 aromatic carbocycles. The van der Waals surface area contributed by atoms with Crippen LogP contribution < -0.4 is 10.1 Å². The van der Waals surface area contributed by atoms with E-state index < -0.39 is 0 Å². The highest BCUT2D eigenvalue weighted by atomic mass is 16.5. The minimum absolute atomic E-state index is 0.582. The van der Waals surface area contributed by atoms with E-state index in [1.807, 2.05) is 25.1 Å². The number of aryl methyl sites for hydroxylation is 1. The van der Waals surface area contributed by atoms with Gasteiger partial charge in [0.05, 0.1) is 0 Å². The van der Waals surface area contributed by atoms with Crippen LogP contribution in [0.4, 0.5) is 0 Å². The number of pyridine rings is 1. The summed E-state index contributed by atoms with van der Waals surface area (Å²) in [4.78, 5) is 4.47. The topological polar surface area (TPSA) is 34.1 Å². The lowest BCUT2D eigenvalue weighted by Crippen LogP contribution is -2.14. The zero-order valence-electron chi connectivity index (χ0n) is 11.7. The molecule has 3 nitrogen and oxygen atoms in total. The molecule has 18 heavy (non-hydrogen) atoms. The fourth-order valence-electron chi connectivity index (χ4n) is 1.62. The van der Waals surface area contributed by atoms with Gasteiger partial charge in [-0.05, 0) is 37.9 Å². The van der Waals surface area contributed by atoms with Crippen LogP contribution in [0.3, 0.4) is 0 Å². The van der Waals surface area contributed by atoms with E-state index in [-0.39, 0.29) is 0 Å². The van der Waals surface area contributed by atoms with Gasteiger partial charge in [-0.15, -0.1) is 0 Å². The Hall–Kier alpha value is -1.35. The highest BCUT2D eigenvalue weighted by molar-refractivity contribution is 5.25. The number of nitrogens with zero attached hydrogens (tertiary/aromatic N) is 1. The minimum atomic E-state index is 0.582. The Morgan fingerprint density at radius 1 is 1.33 bits per heavy atom. The number of nitrogens with one attached hydrogen (secondary N) is 1. The minimum Gasteiger partial charge on any atom is -0.473 e. The Labute approximate surface area is 110 Å². The van der Waals surface area contributed by atoms with Gasteiger partial charge in [0, 0.05) is 18.3 Å². The van der Waals surface area contributed by atoms with Crippen LogP contribution in [-0.4, -0.2) is 18.1 Å². The van der Waals surface area contributed by atoms with Gasteiger partial charge in [0.15, 0.2) is 0 Å². The molecule has 0 aliphatic rings. The molecule has 0 amide bonds. The van der Waals surface area contributed by atoms with Crippen molar-refractivity contribution in [3.05, 3.63) is 35.5 Å². The van der Waals surface area contributed by atoms with Gasteiger partial charge in [-0.25, -0.2) is 4.98 Å². The Kier molecular flexibility index (Phi) is 7.11. The summed E-state index contributed by atoms with van der Waals surface area (Å²) >= 11 is 0. The molecule has 100 valence electrons. The molecule has 0 aliphatic heterocycles. The molecule has 1 aromatic heterocycles. The predicted molar refractivity (Wildman–Crippen MR) is 75.9 cm³/mol. The smallest absolute Gasteiger partial charge is 0.214 e. The molecule has 0 spiro atoms. The summed E-state index contributed by atoms with van der Waals surface area (Å²) in [7, 11) is 0. The van der Waals surface area contributed by atoms with Crippen LogP contribution in [0.5, 0.6) is 5.88 Å². The highest BCUT2D eigenvalue weighted by Gasteiger charge is 2.02. The molecule has 1 heterocycles. The maximum Gasteiger partial charge on any atom is 0.214 e. The van der Waals surface area contributed by atoms with Crippen molar-refractivity contribution >= 4 is 0 Å². The molecular formula is C15H24N2O. The first-order valence-corrected chi connectivity index (χ1v) is 6.74. The Bertz CT molecular complexity index is 375. The molecule has 0 radical (unpaired) electrons. The molecule has 0 unspecified atom stereocenters. The van der Waals surface area contributed by atoms with Gasteiger partial charge in [-0.2, -0.15) is 0 Å². The van der Waals surface area contributed by atoms with Gasteiger partial charge in [0.1, 0.15) is 6.61 Å². The van der Waals surface area contributed by atoms with E-state index in [1.165, 1.54) is 5.56 Å². The fraction of sp³-hybridized carbons (Fsp3) is 0.533. The zero-order valence-corrected chi connectivity index (χ0v) is 11.7. The second-order valence-corrected chi connectivity index (χ2v) is 4.22. The third kappa shape index (κ3) is 5.32. The van der Waals surface area contributed by atoms with Gasteiger partial charge in [0.25, 0.3) is 0 Å². The van der Waals surface area contributed by atoms with Crippen LogP contribution in [0.15, 0.2) is 24.3 Å². The SMILES string of the molecule is C/C=C/COc1cc(CNCCC)cc(CC)n1. The molecular weight excluding hydrogens is 224 g/mol. The van der Waals surface area contributed by atoms with Crippen molar-refractivity contribution in [3.8, 4) is 5.88 Å². The number of rotatable bonds is 8. The van der Waals surface area contributed by atoms with Crippen LogP contribution in [0.2, 0.25) is 0 Å². The van der Waals surface area contributed by atoms with Gasteiger partial charge in [-0.1, -0.05) is 26.0 Å². The molecule has 0 saturated carbocycles. The Balaban J connectivity index is 2.67. The van der Waals surface area contributed by atoms with Crippen molar-refractivity contribution in [1.82, 2.24) is 10.3 Å². The van der Waals surface area contributed by atoms with E-state index >= 15 is 0 Å². The predicted octanol–water partition coefficient (Wildman–Crippen LogP) is 3.10. The number of aromatic nitrogens is 1. The average Bonchev–Trinajstić information content (AvgIpc) is 2.39. The van der Waals surface area contributed by atoms with E-state index in [0.717, 1.165) is 37.5 Å². The van der Waals surface area contributed by atoms with Crippen molar-refractivity contribution in [2.45, 2.75) is 40.2 Å². The molecule has 0 saturated heterocycles. The highest BCUT2D eigenvalue weighted by Crippen LogP contribution is 2.13. The van der Waals surface area contributed by atoms with E-state index in [2.05, 4.69) is 30.2 Å². The molecule has 1 N–H and O–H groups in total. The molecule has 0 aliphatic carbocycles. The van der Waals surface area contributed by atoms with Crippen LogP contribution in [0, 0.1) is 0 Å². The van der Waals surface area contributed by atoms with E-state index in [4.69, 9.17) is 4.74 Å². The van der Waals surface area contributed by atoms with E-state index in [9.17, 15) is 0 Å². The summed E-state index contributed by atoms with van der Waals surface area (Å²) in [5.41, 5.74) is 2.33. The molecule has 0 atom stereocenters. The number of ether oxygens (including phenoxy) is 1. The summed E-state index contributed by atoms with van der Waals surface area (Å²) < 4.78 is 5.61. The van der Waals surface area contributed by atoms with Crippen molar-refractivity contribution < 1.29 is 4.74 Å². The standard InChI is InChI=1S/C15H24N2O/c1-4-7-9-18-15-11-13(12-16-8-5-2)10-14(6-3)17-15/h4,7,10-11,16H,5-6,8-9,12H2,1-3H3/b7-4+. The molecule has 0 fully saturated rings. The van der Waals surface area contributed by atoms with E-state index in [0.29, 0.717) is 6.61 Å². The van der Waals surface area contributed by atoms with Crippen LogP contribution in [0.1, 0.15) is 38.4 Å². The molecule has 1 rings (SSSR count). The monoisotopic (exact) mass is 248 g/mol. The van der Waals surface area contributed by atoms with Gasteiger partial charge >= 0.3 is 0 Å². The van der Waals surface area contributed by atoms with E-state index in [1.54, 1.807) is 0 Å². The first kappa shape index (κ1) is 14.7. The van der Waals surface area contributed by atoms with Crippen molar-refractivity contribution in [2.75, 3.05) is 13.2 Å². The van der Waals surface area contributed by atoms with Gasteiger partial charge in [-0.3, -0.25) is 0 Å². The largest absolute Gasteiger partial charge is 0.473 e. The molecule has 0 bridgehead atoms. The Morgan fingerprint density at radius 2 is 2.17 bits per heavy atom. The van der Waals surface area contributed by atoms with Crippen molar-refractivity contribution in [2.24, 2.45) is 0 Å². The maximum absolute atomic E-state index is 5.61. The van der Waals surface area contributed by atoms with Gasteiger partial charge < -0.3 is 10.1 Å². The van der Waals surface area contributed by atoms with Crippen LogP contribution in [-0.2, 0) is 13.0 Å². The quantitative estimate of drug-likeness (QED) is 0.567. The average molecular weight is 248 g/mol.